The molecule has 0 bridgehead atoms. The molecule has 4 rings (SSSR count). The number of nitrogens with zero attached hydrogens (tertiary/aromatic N) is 1. The van der Waals surface area contributed by atoms with Crippen LogP contribution in [0.25, 0.3) is 0 Å². The molecule has 2 atom stereocenters. The molecule has 7 nitrogen and oxygen atoms in total. The monoisotopic (exact) mass is 404 g/mol. The van der Waals surface area contributed by atoms with Crippen molar-refractivity contribution >= 4 is 5.91 Å². The van der Waals surface area contributed by atoms with Crippen LogP contribution in [0.2, 0.25) is 0 Å². The van der Waals surface area contributed by atoms with Gasteiger partial charge in [-0.05, 0) is 26.3 Å². The van der Waals surface area contributed by atoms with E-state index in [0.29, 0.717) is 18.2 Å². The fourth-order valence-corrected chi connectivity index (χ4v) is 4.47. The minimum atomic E-state index is -0.237. The number of ether oxygens (including phenoxy) is 4. The average Bonchev–Trinajstić information content (AvgIpc) is 3.34. The Kier molecular flexibility index (Phi) is 6.27. The van der Waals surface area contributed by atoms with Gasteiger partial charge in [0.25, 0.3) is 5.91 Å². The van der Waals surface area contributed by atoms with Crippen molar-refractivity contribution in [1.82, 2.24) is 10.2 Å². The Balaban J connectivity index is 1.31. The quantitative estimate of drug-likeness (QED) is 0.745. The fraction of sp³-hybridized carbons (Fsp3) is 0.682. The van der Waals surface area contributed by atoms with Crippen molar-refractivity contribution in [3.8, 4) is 11.5 Å². The summed E-state index contributed by atoms with van der Waals surface area (Å²) in [4.78, 5) is 14.9. The minimum absolute atomic E-state index is 0.0166. The molecule has 1 aromatic rings. The van der Waals surface area contributed by atoms with Gasteiger partial charge < -0.3 is 24.3 Å². The summed E-state index contributed by atoms with van der Waals surface area (Å²) in [5, 5.41) is 3.07. The van der Waals surface area contributed by atoms with Crippen LogP contribution in [0.5, 0.6) is 11.5 Å². The van der Waals surface area contributed by atoms with E-state index in [-0.39, 0.29) is 24.2 Å². The summed E-state index contributed by atoms with van der Waals surface area (Å²) in [5.74, 6) is 1.73. The minimum Gasteiger partial charge on any atom is -0.483 e. The van der Waals surface area contributed by atoms with Gasteiger partial charge in [0.15, 0.2) is 18.1 Å². The number of benzene rings is 1. The maximum absolute atomic E-state index is 12.5. The normalized spacial score (nSPS) is 24.6. The van der Waals surface area contributed by atoms with Crippen LogP contribution in [-0.2, 0) is 20.7 Å². The lowest BCUT2D eigenvalue weighted by atomic mass is 9.97. The van der Waals surface area contributed by atoms with Crippen LogP contribution >= 0.6 is 0 Å². The third kappa shape index (κ3) is 5.02. The lowest BCUT2D eigenvalue weighted by Gasteiger charge is -2.37. The number of carbonyl (C=O) groups is 1. The molecular formula is C22H32N2O5. The lowest BCUT2D eigenvalue weighted by molar-refractivity contribution is -0.123. The Morgan fingerprint density at radius 2 is 2.10 bits per heavy atom. The zero-order valence-electron chi connectivity index (χ0n) is 17.4. The first kappa shape index (κ1) is 20.4. The first-order valence-corrected chi connectivity index (χ1v) is 10.6. The van der Waals surface area contributed by atoms with Crippen LogP contribution in [0, 0.1) is 5.92 Å². The van der Waals surface area contributed by atoms with E-state index in [4.69, 9.17) is 18.9 Å². The van der Waals surface area contributed by atoms with E-state index in [1.165, 1.54) is 0 Å². The number of fused-ring (bicyclic) bond motifs is 1. The van der Waals surface area contributed by atoms with Crippen molar-refractivity contribution in [2.75, 3.05) is 52.7 Å². The van der Waals surface area contributed by atoms with Gasteiger partial charge in [0.1, 0.15) is 5.60 Å². The van der Waals surface area contributed by atoms with E-state index in [1.54, 1.807) is 0 Å². The molecule has 3 aliphatic rings. The molecule has 29 heavy (non-hydrogen) atoms. The number of morpholine rings is 1. The number of para-hydroxylation sites is 1. The number of hydrogen-bond acceptors (Lipinski definition) is 6. The van der Waals surface area contributed by atoms with E-state index in [2.05, 4.69) is 24.1 Å². The summed E-state index contributed by atoms with van der Waals surface area (Å²) < 4.78 is 22.9. The molecule has 3 heterocycles. The van der Waals surface area contributed by atoms with Crippen LogP contribution in [0.1, 0.15) is 25.8 Å². The summed E-state index contributed by atoms with van der Waals surface area (Å²) in [5.41, 5.74) is 0.889. The highest BCUT2D eigenvalue weighted by Crippen LogP contribution is 2.41. The zero-order chi connectivity index (χ0) is 20.3. The van der Waals surface area contributed by atoms with Gasteiger partial charge in [0.05, 0.1) is 19.8 Å². The first-order valence-electron chi connectivity index (χ1n) is 10.6. The highest BCUT2D eigenvalue weighted by Gasteiger charge is 2.33. The van der Waals surface area contributed by atoms with Crippen molar-refractivity contribution in [2.45, 2.75) is 38.3 Å². The Hall–Kier alpha value is -1.83. The average molecular weight is 405 g/mol. The second kappa shape index (κ2) is 8.90. The van der Waals surface area contributed by atoms with Crippen LogP contribution in [0.15, 0.2) is 18.2 Å². The van der Waals surface area contributed by atoms with E-state index in [1.807, 2.05) is 18.2 Å². The van der Waals surface area contributed by atoms with Gasteiger partial charge in [-0.1, -0.05) is 12.1 Å². The highest BCUT2D eigenvalue weighted by atomic mass is 16.5. The van der Waals surface area contributed by atoms with Crippen molar-refractivity contribution < 1.29 is 23.7 Å². The zero-order valence-corrected chi connectivity index (χ0v) is 17.4. The molecule has 0 saturated carbocycles. The van der Waals surface area contributed by atoms with Crippen LogP contribution < -0.4 is 14.8 Å². The van der Waals surface area contributed by atoms with Crippen molar-refractivity contribution in [1.29, 1.82) is 0 Å². The third-order valence-corrected chi connectivity index (χ3v) is 5.95. The Morgan fingerprint density at radius 1 is 1.28 bits per heavy atom. The molecule has 1 aromatic carbocycles. The van der Waals surface area contributed by atoms with Crippen LogP contribution in [0.3, 0.4) is 0 Å². The Morgan fingerprint density at radius 3 is 2.86 bits per heavy atom. The molecule has 2 fully saturated rings. The Bertz CT molecular complexity index is 711. The number of nitrogens with one attached hydrogen (secondary N) is 1. The van der Waals surface area contributed by atoms with Crippen molar-refractivity contribution in [3.05, 3.63) is 23.8 Å². The summed E-state index contributed by atoms with van der Waals surface area (Å²) in [7, 11) is 0. The van der Waals surface area contributed by atoms with E-state index >= 15 is 0 Å². The summed E-state index contributed by atoms with van der Waals surface area (Å²) in [6.45, 7) is 9.56. The second-order valence-electron chi connectivity index (χ2n) is 8.72. The van der Waals surface area contributed by atoms with Gasteiger partial charge in [-0.25, -0.2) is 0 Å². The van der Waals surface area contributed by atoms with Gasteiger partial charge in [0, 0.05) is 50.2 Å². The smallest absolute Gasteiger partial charge is 0.257 e. The standard InChI is InChI=1S/C22H32N2O5/c1-22(2)12-16-4-3-5-19(21(16)29-22)28-15-20(25)23-13-18(17-6-9-27-14-17)24-7-10-26-11-8-24/h3-5,17-18H,6-15H2,1-2H3,(H,23,25). The van der Waals surface area contributed by atoms with Gasteiger partial charge in [-0.2, -0.15) is 0 Å². The molecular weight excluding hydrogens is 372 g/mol. The first-order chi connectivity index (χ1) is 14.0. The predicted molar refractivity (Wildman–Crippen MR) is 108 cm³/mol. The van der Waals surface area contributed by atoms with Crippen LogP contribution in [0.4, 0.5) is 0 Å². The second-order valence-corrected chi connectivity index (χ2v) is 8.72. The molecule has 1 N–H and O–H groups in total. The van der Waals surface area contributed by atoms with Crippen LogP contribution in [-0.4, -0.2) is 75.1 Å². The van der Waals surface area contributed by atoms with E-state index in [9.17, 15) is 4.79 Å². The topological polar surface area (TPSA) is 69.3 Å². The Labute approximate surface area is 172 Å². The van der Waals surface area contributed by atoms with Crippen molar-refractivity contribution in [3.63, 3.8) is 0 Å². The molecule has 0 spiro atoms. The maximum atomic E-state index is 12.5. The lowest BCUT2D eigenvalue weighted by Crippen LogP contribution is -2.52. The predicted octanol–water partition coefficient (Wildman–Crippen LogP) is 1.63. The van der Waals surface area contributed by atoms with Crippen molar-refractivity contribution in [2.24, 2.45) is 5.92 Å². The molecule has 160 valence electrons. The van der Waals surface area contributed by atoms with Gasteiger partial charge in [-0.3, -0.25) is 9.69 Å². The largest absolute Gasteiger partial charge is 0.483 e. The summed E-state index contributed by atoms with van der Waals surface area (Å²) >= 11 is 0. The summed E-state index contributed by atoms with van der Waals surface area (Å²) in [6.07, 6.45) is 1.88. The molecule has 0 aliphatic carbocycles. The molecule has 0 aromatic heterocycles. The van der Waals surface area contributed by atoms with Gasteiger partial charge in [-0.15, -0.1) is 0 Å². The number of carbonyl (C=O) groups excluding carboxylic acids is 1. The third-order valence-electron chi connectivity index (χ3n) is 5.95. The number of hydrogen-bond donors (Lipinski definition) is 1. The molecule has 7 heteroatoms. The van der Waals surface area contributed by atoms with Gasteiger partial charge >= 0.3 is 0 Å². The summed E-state index contributed by atoms with van der Waals surface area (Å²) in [6, 6.07) is 6.13. The number of rotatable bonds is 7. The number of amides is 1. The van der Waals surface area contributed by atoms with Gasteiger partial charge in [0.2, 0.25) is 0 Å². The molecule has 0 radical (unpaired) electrons. The van der Waals surface area contributed by atoms with E-state index < -0.39 is 0 Å². The molecule has 3 aliphatic heterocycles. The SMILES string of the molecule is CC1(C)Cc2cccc(OCC(=O)NCC(C3CCOC3)N3CCOCC3)c2O1. The molecule has 2 unspecified atom stereocenters. The molecule has 2 saturated heterocycles. The van der Waals surface area contributed by atoms with E-state index in [0.717, 1.165) is 63.7 Å². The maximum Gasteiger partial charge on any atom is 0.257 e. The molecule has 1 amide bonds. The highest BCUT2D eigenvalue weighted by molar-refractivity contribution is 5.77. The fourth-order valence-electron chi connectivity index (χ4n) is 4.47.